The van der Waals surface area contributed by atoms with Crippen LogP contribution in [0.15, 0.2) is 48.7 Å². The standard InChI is InChI=1S/C22H27N5OS/c1-17(18-10-5-4-6-11-18)16-23-20(28)19-12-9-15-27(19)22-25-24-21(29-22)26-13-7-2-3-8-14-26/h4-6,9-12,15,17H,2-3,7-8,13-14,16H2,1H3,(H,23,28)/t17-/m0/s1. The zero-order valence-electron chi connectivity index (χ0n) is 16.8. The van der Waals surface area contributed by atoms with Crippen LogP contribution in [0.2, 0.25) is 0 Å². The molecule has 6 nitrogen and oxygen atoms in total. The van der Waals surface area contributed by atoms with Gasteiger partial charge in [-0.15, -0.1) is 10.2 Å². The fourth-order valence-corrected chi connectivity index (χ4v) is 4.56. The third-order valence-electron chi connectivity index (χ3n) is 5.41. The van der Waals surface area contributed by atoms with Crippen molar-refractivity contribution in [2.75, 3.05) is 24.5 Å². The summed E-state index contributed by atoms with van der Waals surface area (Å²) in [5.41, 5.74) is 1.80. The van der Waals surface area contributed by atoms with Crippen LogP contribution >= 0.6 is 11.3 Å². The molecule has 1 atom stereocenters. The Balaban J connectivity index is 1.43. The molecule has 0 aliphatic carbocycles. The van der Waals surface area contributed by atoms with E-state index in [2.05, 4.69) is 39.5 Å². The molecular weight excluding hydrogens is 382 g/mol. The molecule has 0 saturated carbocycles. The second kappa shape index (κ2) is 9.22. The number of aromatic nitrogens is 3. The van der Waals surface area contributed by atoms with Gasteiger partial charge >= 0.3 is 0 Å². The van der Waals surface area contributed by atoms with Gasteiger partial charge in [-0.05, 0) is 36.5 Å². The molecule has 1 saturated heterocycles. The number of nitrogens with zero attached hydrogens (tertiary/aromatic N) is 4. The van der Waals surface area contributed by atoms with E-state index in [1.807, 2.05) is 41.1 Å². The van der Waals surface area contributed by atoms with Gasteiger partial charge in [0, 0.05) is 25.8 Å². The lowest BCUT2D eigenvalue weighted by Gasteiger charge is -2.17. The number of carbonyl (C=O) groups is 1. The molecule has 1 N–H and O–H groups in total. The van der Waals surface area contributed by atoms with Crippen molar-refractivity contribution in [1.82, 2.24) is 20.1 Å². The molecular formula is C22H27N5OS. The van der Waals surface area contributed by atoms with Crippen molar-refractivity contribution in [3.8, 4) is 5.13 Å². The van der Waals surface area contributed by atoms with Crippen molar-refractivity contribution in [3.05, 3.63) is 59.9 Å². The van der Waals surface area contributed by atoms with Crippen molar-refractivity contribution in [3.63, 3.8) is 0 Å². The normalized spacial score (nSPS) is 15.7. The summed E-state index contributed by atoms with van der Waals surface area (Å²) in [5, 5.41) is 13.5. The van der Waals surface area contributed by atoms with E-state index in [-0.39, 0.29) is 11.8 Å². The lowest BCUT2D eigenvalue weighted by molar-refractivity contribution is 0.0945. The molecule has 0 unspecified atom stereocenters. The Morgan fingerprint density at radius 2 is 1.76 bits per heavy atom. The number of anilines is 1. The largest absolute Gasteiger partial charge is 0.350 e. The van der Waals surface area contributed by atoms with Crippen molar-refractivity contribution in [1.29, 1.82) is 0 Å². The second-order valence-electron chi connectivity index (χ2n) is 7.55. The second-order valence-corrected chi connectivity index (χ2v) is 8.49. The van der Waals surface area contributed by atoms with Crippen LogP contribution in [0.25, 0.3) is 5.13 Å². The first-order valence-corrected chi connectivity index (χ1v) is 11.1. The van der Waals surface area contributed by atoms with Crippen molar-refractivity contribution >= 4 is 22.4 Å². The predicted molar refractivity (Wildman–Crippen MR) is 117 cm³/mol. The number of hydrogen-bond donors (Lipinski definition) is 1. The summed E-state index contributed by atoms with van der Waals surface area (Å²) in [4.78, 5) is 15.1. The minimum Gasteiger partial charge on any atom is -0.350 e. The van der Waals surface area contributed by atoms with Gasteiger partial charge in [0.25, 0.3) is 5.91 Å². The highest BCUT2D eigenvalue weighted by atomic mass is 32.1. The van der Waals surface area contributed by atoms with Crippen molar-refractivity contribution in [2.24, 2.45) is 0 Å². The van der Waals surface area contributed by atoms with Crippen molar-refractivity contribution < 1.29 is 4.79 Å². The smallest absolute Gasteiger partial charge is 0.268 e. The van der Waals surface area contributed by atoms with Gasteiger partial charge in [-0.3, -0.25) is 9.36 Å². The lowest BCUT2D eigenvalue weighted by Crippen LogP contribution is -2.29. The van der Waals surface area contributed by atoms with Crippen LogP contribution in [0.5, 0.6) is 0 Å². The third kappa shape index (κ3) is 4.67. The molecule has 0 bridgehead atoms. The Morgan fingerprint density at radius 1 is 1.03 bits per heavy atom. The highest BCUT2D eigenvalue weighted by Gasteiger charge is 2.19. The molecule has 1 aromatic carbocycles. The zero-order valence-corrected chi connectivity index (χ0v) is 17.6. The summed E-state index contributed by atoms with van der Waals surface area (Å²) < 4.78 is 1.83. The van der Waals surface area contributed by atoms with Gasteiger partial charge in [0.15, 0.2) is 0 Å². The summed E-state index contributed by atoms with van der Waals surface area (Å²) in [6, 6.07) is 13.9. The molecule has 152 valence electrons. The van der Waals surface area contributed by atoms with Gasteiger partial charge < -0.3 is 10.2 Å². The SMILES string of the molecule is C[C@@H](CNC(=O)c1cccn1-c1nnc(N2CCCCCC2)s1)c1ccccc1. The molecule has 0 spiro atoms. The molecule has 3 aromatic rings. The van der Waals surface area contributed by atoms with E-state index in [1.165, 1.54) is 31.2 Å². The Bertz CT molecular complexity index is 928. The average molecular weight is 410 g/mol. The fraction of sp³-hybridized carbons (Fsp3) is 0.409. The number of hydrogen-bond acceptors (Lipinski definition) is 5. The van der Waals surface area contributed by atoms with Crippen LogP contribution in [0.1, 0.15) is 54.6 Å². The molecule has 4 rings (SSSR count). The Labute approximate surface area is 175 Å². The van der Waals surface area contributed by atoms with E-state index in [4.69, 9.17) is 0 Å². The highest BCUT2D eigenvalue weighted by molar-refractivity contribution is 7.17. The zero-order chi connectivity index (χ0) is 20.1. The summed E-state index contributed by atoms with van der Waals surface area (Å²) in [6.07, 6.45) is 6.84. The van der Waals surface area contributed by atoms with E-state index in [1.54, 1.807) is 11.3 Å². The van der Waals surface area contributed by atoms with E-state index in [0.29, 0.717) is 12.2 Å². The first-order chi connectivity index (χ1) is 14.2. The van der Waals surface area contributed by atoms with E-state index in [9.17, 15) is 4.79 Å². The fourth-order valence-electron chi connectivity index (χ4n) is 3.66. The van der Waals surface area contributed by atoms with Crippen LogP contribution in [0.3, 0.4) is 0 Å². The Hall–Kier alpha value is -2.67. The number of carbonyl (C=O) groups excluding carboxylic acids is 1. The molecule has 1 aliphatic rings. The average Bonchev–Trinajstić information content (AvgIpc) is 3.36. The van der Waals surface area contributed by atoms with Gasteiger partial charge in [0.2, 0.25) is 10.3 Å². The van der Waals surface area contributed by atoms with Crippen molar-refractivity contribution in [2.45, 2.75) is 38.5 Å². The Morgan fingerprint density at radius 3 is 2.52 bits per heavy atom. The van der Waals surface area contributed by atoms with Crippen LogP contribution < -0.4 is 10.2 Å². The Kier molecular flexibility index (Phi) is 6.24. The maximum absolute atomic E-state index is 12.8. The van der Waals surface area contributed by atoms with Crippen LogP contribution in [0, 0.1) is 0 Å². The first kappa shape index (κ1) is 19.6. The van der Waals surface area contributed by atoms with Gasteiger partial charge in [-0.25, -0.2) is 0 Å². The molecule has 2 aromatic heterocycles. The molecule has 7 heteroatoms. The van der Waals surface area contributed by atoms with Gasteiger partial charge in [0.1, 0.15) is 5.69 Å². The summed E-state index contributed by atoms with van der Waals surface area (Å²) in [6.45, 7) is 4.77. The van der Waals surface area contributed by atoms with E-state index < -0.39 is 0 Å². The highest BCUT2D eigenvalue weighted by Crippen LogP contribution is 2.26. The maximum Gasteiger partial charge on any atom is 0.268 e. The molecule has 3 heterocycles. The monoisotopic (exact) mass is 409 g/mol. The first-order valence-electron chi connectivity index (χ1n) is 10.3. The van der Waals surface area contributed by atoms with E-state index >= 15 is 0 Å². The van der Waals surface area contributed by atoms with Gasteiger partial charge in [-0.2, -0.15) is 0 Å². The van der Waals surface area contributed by atoms with Gasteiger partial charge in [0.05, 0.1) is 0 Å². The quantitative estimate of drug-likeness (QED) is 0.661. The number of amides is 1. The number of nitrogens with one attached hydrogen (secondary N) is 1. The third-order valence-corrected chi connectivity index (χ3v) is 6.39. The number of rotatable bonds is 6. The van der Waals surface area contributed by atoms with Gasteiger partial charge in [-0.1, -0.05) is 61.4 Å². The molecule has 29 heavy (non-hydrogen) atoms. The van der Waals surface area contributed by atoms with E-state index in [0.717, 1.165) is 23.4 Å². The maximum atomic E-state index is 12.8. The van der Waals surface area contributed by atoms with Crippen LogP contribution in [-0.4, -0.2) is 40.3 Å². The molecule has 0 radical (unpaired) electrons. The predicted octanol–water partition coefficient (Wildman–Crippen LogP) is 4.24. The van der Waals surface area contributed by atoms with Crippen LogP contribution in [-0.2, 0) is 0 Å². The topological polar surface area (TPSA) is 63.1 Å². The molecule has 1 aliphatic heterocycles. The molecule has 1 amide bonds. The summed E-state index contributed by atoms with van der Waals surface area (Å²) in [7, 11) is 0. The lowest BCUT2D eigenvalue weighted by atomic mass is 10.0. The number of benzene rings is 1. The minimum absolute atomic E-state index is 0.0932. The van der Waals surface area contributed by atoms with Crippen LogP contribution in [0.4, 0.5) is 5.13 Å². The summed E-state index contributed by atoms with van der Waals surface area (Å²) >= 11 is 1.55. The summed E-state index contributed by atoms with van der Waals surface area (Å²) in [5.74, 6) is 0.157. The minimum atomic E-state index is -0.0932. The molecule has 1 fully saturated rings.